The Morgan fingerprint density at radius 3 is 2.46 bits per heavy atom. The molecule has 5 nitrogen and oxygen atoms in total. The van der Waals surface area contributed by atoms with Gasteiger partial charge in [-0.3, -0.25) is 4.55 Å². The Bertz CT molecular complexity index is 1080. The van der Waals surface area contributed by atoms with E-state index in [1.54, 1.807) is 12.1 Å². The summed E-state index contributed by atoms with van der Waals surface area (Å²) in [5.41, 5.74) is 6.39. The van der Waals surface area contributed by atoms with Crippen LogP contribution < -0.4 is 5.32 Å². The van der Waals surface area contributed by atoms with Crippen LogP contribution in [0.25, 0.3) is 16.5 Å². The molecular formula is C22H26N2O3S. The molecule has 28 heavy (non-hydrogen) atoms. The van der Waals surface area contributed by atoms with Crippen LogP contribution in [0.3, 0.4) is 0 Å². The minimum absolute atomic E-state index is 0.0666. The molecule has 0 saturated carbocycles. The lowest BCUT2D eigenvalue weighted by Crippen LogP contribution is -2.20. The molecule has 0 spiro atoms. The van der Waals surface area contributed by atoms with Crippen molar-refractivity contribution in [3.63, 3.8) is 0 Å². The summed E-state index contributed by atoms with van der Waals surface area (Å²) >= 11 is 0. The Morgan fingerprint density at radius 2 is 1.86 bits per heavy atom. The van der Waals surface area contributed by atoms with Crippen molar-refractivity contribution in [2.45, 2.75) is 31.6 Å². The molecule has 1 aromatic heterocycles. The number of aryl methyl sites for hydroxylation is 2. The van der Waals surface area contributed by atoms with E-state index < -0.39 is 10.1 Å². The summed E-state index contributed by atoms with van der Waals surface area (Å²) in [5, 5.41) is 4.73. The molecule has 2 heterocycles. The van der Waals surface area contributed by atoms with Crippen LogP contribution in [0.1, 0.15) is 30.2 Å². The van der Waals surface area contributed by atoms with Crippen LogP contribution in [-0.4, -0.2) is 31.0 Å². The monoisotopic (exact) mass is 398 g/mol. The minimum Gasteiger partial charge on any atom is -0.355 e. The van der Waals surface area contributed by atoms with Gasteiger partial charge in [0.2, 0.25) is 0 Å². The van der Waals surface area contributed by atoms with Crippen LogP contribution in [-0.2, 0) is 16.5 Å². The Morgan fingerprint density at radius 1 is 1.11 bits per heavy atom. The Balaban J connectivity index is 0.000000178. The first-order chi connectivity index (χ1) is 13.4. The Hall–Kier alpha value is -2.41. The van der Waals surface area contributed by atoms with Crippen LogP contribution in [0, 0.1) is 6.92 Å². The van der Waals surface area contributed by atoms with Gasteiger partial charge in [0.25, 0.3) is 10.1 Å². The molecule has 0 saturated heterocycles. The molecule has 4 rings (SSSR count). The molecule has 0 radical (unpaired) electrons. The molecule has 0 bridgehead atoms. The Labute approximate surface area is 166 Å². The first-order valence-corrected chi connectivity index (χ1v) is 10.9. The molecule has 0 fully saturated rings. The third kappa shape index (κ3) is 4.90. The van der Waals surface area contributed by atoms with Crippen molar-refractivity contribution in [3.05, 3.63) is 71.4 Å². The van der Waals surface area contributed by atoms with Crippen molar-refractivity contribution in [2.75, 3.05) is 13.1 Å². The van der Waals surface area contributed by atoms with Crippen molar-refractivity contribution in [1.29, 1.82) is 0 Å². The van der Waals surface area contributed by atoms with E-state index in [-0.39, 0.29) is 4.90 Å². The van der Waals surface area contributed by atoms with Gasteiger partial charge in [0.05, 0.1) is 4.90 Å². The quantitative estimate of drug-likeness (QED) is 0.573. The highest BCUT2D eigenvalue weighted by Gasteiger charge is 2.10. The second-order valence-electron chi connectivity index (χ2n) is 6.89. The number of nitrogens with one attached hydrogen (secondary N) is 2. The largest absolute Gasteiger partial charge is 0.355 e. The van der Waals surface area contributed by atoms with E-state index >= 15 is 0 Å². The molecule has 6 heteroatoms. The van der Waals surface area contributed by atoms with E-state index in [1.165, 1.54) is 39.9 Å². The van der Waals surface area contributed by atoms with Gasteiger partial charge in [0.15, 0.2) is 0 Å². The summed E-state index contributed by atoms with van der Waals surface area (Å²) in [6.45, 7) is 6.13. The lowest BCUT2D eigenvalue weighted by Gasteiger charge is -2.12. The summed E-state index contributed by atoms with van der Waals surface area (Å²) in [4.78, 5) is 3.48. The zero-order chi connectivity index (χ0) is 20.1. The van der Waals surface area contributed by atoms with Gasteiger partial charge in [0.1, 0.15) is 0 Å². The fraction of sp³-hybridized carbons (Fsp3) is 0.273. The average Bonchev–Trinajstić information content (AvgIpc) is 3.13. The number of H-pyrrole nitrogens is 1. The predicted octanol–water partition coefficient (Wildman–Crippen LogP) is 4.35. The topological polar surface area (TPSA) is 82.2 Å². The normalized spacial score (nSPS) is 14.3. The summed E-state index contributed by atoms with van der Waals surface area (Å²) in [5.74, 6) is 0. The fourth-order valence-corrected chi connectivity index (χ4v) is 3.76. The average molecular weight is 399 g/mol. The van der Waals surface area contributed by atoms with Crippen molar-refractivity contribution in [3.8, 4) is 0 Å². The number of hydrogen-bond donors (Lipinski definition) is 3. The van der Waals surface area contributed by atoms with Gasteiger partial charge in [-0.25, -0.2) is 0 Å². The smallest absolute Gasteiger partial charge is 0.294 e. The van der Waals surface area contributed by atoms with Crippen molar-refractivity contribution in [1.82, 2.24) is 10.3 Å². The van der Waals surface area contributed by atoms with Crippen LogP contribution in [0.5, 0.6) is 0 Å². The zero-order valence-corrected chi connectivity index (χ0v) is 17.0. The third-order valence-electron chi connectivity index (χ3n) is 4.86. The van der Waals surface area contributed by atoms with Gasteiger partial charge >= 0.3 is 0 Å². The first-order valence-electron chi connectivity index (χ1n) is 9.43. The summed E-state index contributed by atoms with van der Waals surface area (Å²) in [6, 6.07) is 14.8. The molecular weight excluding hydrogens is 372 g/mol. The SMILES string of the molecule is CCc1cccc2[nH]c(C3=CCNCC3)cc12.Cc1ccc(S(=O)(=O)O)cc1. The molecule has 1 aliphatic heterocycles. The fourth-order valence-electron chi connectivity index (χ4n) is 3.28. The first kappa shape index (κ1) is 20.3. The minimum atomic E-state index is -4.02. The van der Waals surface area contributed by atoms with E-state index in [0.717, 1.165) is 31.5 Å². The molecule has 3 N–H and O–H groups in total. The molecule has 0 unspecified atom stereocenters. The van der Waals surface area contributed by atoms with Gasteiger partial charge in [-0.2, -0.15) is 8.42 Å². The lowest BCUT2D eigenvalue weighted by molar-refractivity contribution is 0.483. The maximum atomic E-state index is 10.5. The molecule has 0 atom stereocenters. The maximum Gasteiger partial charge on any atom is 0.294 e. The van der Waals surface area contributed by atoms with Crippen LogP contribution in [0.4, 0.5) is 0 Å². The summed E-state index contributed by atoms with van der Waals surface area (Å²) in [7, 11) is -4.02. The van der Waals surface area contributed by atoms with Crippen molar-refractivity contribution in [2.24, 2.45) is 0 Å². The van der Waals surface area contributed by atoms with Crippen LogP contribution in [0.15, 0.2) is 59.5 Å². The van der Waals surface area contributed by atoms with Crippen LogP contribution in [0.2, 0.25) is 0 Å². The molecule has 0 amide bonds. The number of rotatable bonds is 3. The number of aromatic nitrogens is 1. The highest BCUT2D eigenvalue weighted by molar-refractivity contribution is 7.85. The number of fused-ring (bicyclic) bond motifs is 1. The van der Waals surface area contributed by atoms with Crippen molar-refractivity contribution >= 4 is 26.6 Å². The van der Waals surface area contributed by atoms with E-state index in [0.29, 0.717) is 0 Å². The highest BCUT2D eigenvalue weighted by atomic mass is 32.2. The molecule has 148 valence electrons. The standard InChI is InChI=1S/C15H18N2.C7H8O3S/c1-2-11-4-3-5-14-13(11)10-15(17-14)12-6-8-16-9-7-12;1-6-2-4-7(5-3-6)11(8,9)10/h3-6,10,16-17H,2,7-9H2,1H3;2-5H,1H3,(H,8,9,10). The van der Waals surface area contributed by atoms with Crippen LogP contribution >= 0.6 is 0 Å². The Kier molecular flexibility index (Phi) is 6.34. The van der Waals surface area contributed by atoms with Crippen molar-refractivity contribution < 1.29 is 13.0 Å². The summed E-state index contributed by atoms with van der Waals surface area (Å²) in [6.07, 6.45) is 4.50. The zero-order valence-electron chi connectivity index (χ0n) is 16.2. The molecule has 3 aromatic rings. The lowest BCUT2D eigenvalue weighted by atomic mass is 10.0. The van der Waals surface area contributed by atoms with E-state index in [1.807, 2.05) is 6.92 Å². The van der Waals surface area contributed by atoms with Gasteiger partial charge in [-0.05, 0) is 61.7 Å². The van der Waals surface area contributed by atoms with Gasteiger partial charge in [0, 0.05) is 23.1 Å². The molecule has 1 aliphatic rings. The van der Waals surface area contributed by atoms with Gasteiger partial charge in [-0.1, -0.05) is 42.8 Å². The van der Waals surface area contributed by atoms with E-state index in [4.69, 9.17) is 4.55 Å². The second kappa shape index (κ2) is 8.73. The second-order valence-corrected chi connectivity index (χ2v) is 8.31. The van der Waals surface area contributed by atoms with E-state index in [2.05, 4.69) is 47.6 Å². The molecule has 0 aliphatic carbocycles. The maximum absolute atomic E-state index is 10.5. The number of benzene rings is 2. The summed E-state index contributed by atoms with van der Waals surface area (Å²) < 4.78 is 29.6. The molecule has 2 aromatic carbocycles. The predicted molar refractivity (Wildman–Crippen MR) is 114 cm³/mol. The third-order valence-corrected chi connectivity index (χ3v) is 5.73. The van der Waals surface area contributed by atoms with Gasteiger partial charge in [-0.15, -0.1) is 0 Å². The highest BCUT2D eigenvalue weighted by Crippen LogP contribution is 2.26. The number of hydrogen-bond acceptors (Lipinski definition) is 3. The van der Waals surface area contributed by atoms with Gasteiger partial charge < -0.3 is 10.3 Å². The van der Waals surface area contributed by atoms with E-state index in [9.17, 15) is 8.42 Å². The number of aromatic amines is 1.